The third kappa shape index (κ3) is 3.89. The van der Waals surface area contributed by atoms with Crippen LogP contribution < -0.4 is 5.56 Å². The monoisotopic (exact) mass is 355 g/mol. The molecule has 4 nitrogen and oxygen atoms in total. The van der Waals surface area contributed by atoms with Crippen LogP contribution in [0.4, 0.5) is 0 Å². The van der Waals surface area contributed by atoms with E-state index in [2.05, 4.69) is 0 Å². The zero-order valence-corrected chi connectivity index (χ0v) is 12.0. The third-order valence-electron chi connectivity index (χ3n) is 2.27. The number of aromatic nitrogens is 1. The van der Waals surface area contributed by atoms with E-state index in [0.717, 1.165) is 0 Å². The Balaban J connectivity index is 2.63. The fourth-order valence-corrected chi connectivity index (χ4v) is 2.66. The van der Waals surface area contributed by atoms with Gasteiger partial charge in [-0.05, 0) is 41.1 Å². The van der Waals surface area contributed by atoms with Crippen molar-refractivity contribution in [1.29, 1.82) is 0 Å². The van der Waals surface area contributed by atoms with Crippen LogP contribution in [0.1, 0.15) is 13.3 Å². The average molecular weight is 355 g/mol. The van der Waals surface area contributed by atoms with Crippen LogP contribution in [0.15, 0.2) is 23.1 Å². The number of pyridine rings is 1. The molecule has 0 aliphatic heterocycles. The molecule has 0 bridgehead atoms. The molecule has 0 radical (unpaired) electrons. The van der Waals surface area contributed by atoms with Crippen molar-refractivity contribution in [2.24, 2.45) is 0 Å². The van der Waals surface area contributed by atoms with Crippen molar-refractivity contribution >= 4 is 32.4 Å². The van der Waals surface area contributed by atoms with Crippen molar-refractivity contribution in [2.75, 3.05) is 11.5 Å². The van der Waals surface area contributed by atoms with Crippen LogP contribution in [0.5, 0.6) is 0 Å². The zero-order chi connectivity index (χ0) is 12.2. The molecule has 0 aliphatic rings. The highest BCUT2D eigenvalue weighted by Crippen LogP contribution is 1.99. The summed E-state index contributed by atoms with van der Waals surface area (Å²) in [6.07, 6.45) is 2.17. The predicted octanol–water partition coefficient (Wildman–Crippen LogP) is 1.28. The molecule has 6 heteroatoms. The molecular formula is C10H14INO3S. The molecule has 0 saturated heterocycles. The van der Waals surface area contributed by atoms with Gasteiger partial charge in [0, 0.05) is 18.5 Å². The maximum atomic E-state index is 11.6. The van der Waals surface area contributed by atoms with Crippen LogP contribution in [0.2, 0.25) is 0 Å². The lowest BCUT2D eigenvalue weighted by Crippen LogP contribution is -2.22. The highest BCUT2D eigenvalue weighted by atomic mass is 127. The Morgan fingerprint density at radius 2 is 2.12 bits per heavy atom. The summed E-state index contributed by atoms with van der Waals surface area (Å²) in [6, 6.07) is 3.53. The van der Waals surface area contributed by atoms with Gasteiger partial charge in [0.2, 0.25) is 0 Å². The van der Waals surface area contributed by atoms with E-state index in [1.54, 1.807) is 29.8 Å². The van der Waals surface area contributed by atoms with E-state index in [-0.39, 0.29) is 17.1 Å². The molecule has 1 heterocycles. The minimum absolute atomic E-state index is 0.0583. The van der Waals surface area contributed by atoms with Gasteiger partial charge in [-0.15, -0.1) is 0 Å². The highest BCUT2D eigenvalue weighted by Gasteiger charge is 2.07. The number of hydrogen-bond acceptors (Lipinski definition) is 3. The van der Waals surface area contributed by atoms with Crippen LogP contribution in [0, 0.1) is 3.57 Å². The van der Waals surface area contributed by atoms with E-state index in [1.807, 2.05) is 22.6 Å². The second kappa shape index (κ2) is 5.81. The quantitative estimate of drug-likeness (QED) is 0.748. The van der Waals surface area contributed by atoms with Gasteiger partial charge in [0.15, 0.2) is 0 Å². The standard InChI is InChI=1S/C10H14INO3S/c1-2-16(14,15)8-4-7-12-6-3-5-9(11)10(12)13/h3,5-6H,2,4,7-8H2,1H3. The van der Waals surface area contributed by atoms with E-state index in [4.69, 9.17) is 0 Å². The molecule has 1 rings (SSSR count). The topological polar surface area (TPSA) is 56.1 Å². The number of rotatable bonds is 5. The molecular weight excluding hydrogens is 341 g/mol. The van der Waals surface area contributed by atoms with Crippen molar-refractivity contribution in [3.8, 4) is 0 Å². The van der Waals surface area contributed by atoms with Crippen molar-refractivity contribution in [1.82, 2.24) is 4.57 Å². The minimum Gasteiger partial charge on any atom is -0.315 e. The van der Waals surface area contributed by atoms with E-state index < -0.39 is 9.84 Å². The summed E-state index contributed by atoms with van der Waals surface area (Å²) in [4.78, 5) is 11.6. The summed E-state index contributed by atoms with van der Waals surface area (Å²) < 4.78 is 24.7. The van der Waals surface area contributed by atoms with Gasteiger partial charge in [0.25, 0.3) is 5.56 Å². The number of hydrogen-bond donors (Lipinski definition) is 0. The Morgan fingerprint density at radius 3 is 2.75 bits per heavy atom. The maximum absolute atomic E-state index is 11.6. The van der Waals surface area contributed by atoms with Crippen LogP contribution in [-0.4, -0.2) is 24.5 Å². The number of halogens is 1. The lowest BCUT2D eigenvalue weighted by Gasteiger charge is -2.05. The zero-order valence-electron chi connectivity index (χ0n) is 9.02. The molecule has 0 unspecified atom stereocenters. The molecule has 0 spiro atoms. The van der Waals surface area contributed by atoms with Gasteiger partial charge in [-0.25, -0.2) is 8.42 Å². The molecule has 1 aromatic heterocycles. The van der Waals surface area contributed by atoms with E-state index in [0.29, 0.717) is 16.5 Å². The van der Waals surface area contributed by atoms with Crippen molar-refractivity contribution in [2.45, 2.75) is 19.9 Å². The van der Waals surface area contributed by atoms with Crippen LogP contribution in [0.3, 0.4) is 0 Å². The van der Waals surface area contributed by atoms with Gasteiger partial charge in [0.1, 0.15) is 9.84 Å². The molecule has 0 saturated carbocycles. The number of nitrogens with zero attached hydrogens (tertiary/aromatic N) is 1. The summed E-state index contributed by atoms with van der Waals surface area (Å²) in [5, 5.41) is 0. The van der Waals surface area contributed by atoms with Gasteiger partial charge in [-0.1, -0.05) is 6.92 Å². The van der Waals surface area contributed by atoms with Crippen molar-refractivity contribution in [3.05, 3.63) is 32.3 Å². The minimum atomic E-state index is -2.93. The van der Waals surface area contributed by atoms with Gasteiger partial charge in [0.05, 0.1) is 9.32 Å². The third-order valence-corrected chi connectivity index (χ3v) is 4.88. The fraction of sp³-hybridized carbons (Fsp3) is 0.500. The molecule has 0 fully saturated rings. The average Bonchev–Trinajstić information content (AvgIpc) is 2.24. The summed E-state index contributed by atoms with van der Waals surface area (Å²) in [5.74, 6) is 0.301. The summed E-state index contributed by atoms with van der Waals surface area (Å²) in [6.45, 7) is 2.09. The van der Waals surface area contributed by atoms with Crippen LogP contribution in [-0.2, 0) is 16.4 Å². The van der Waals surface area contributed by atoms with Crippen LogP contribution in [0.25, 0.3) is 0 Å². The Labute approximate surface area is 109 Å². The molecule has 90 valence electrons. The Kier molecular flexibility index (Phi) is 4.97. The van der Waals surface area contributed by atoms with E-state index in [1.165, 1.54) is 0 Å². The maximum Gasteiger partial charge on any atom is 0.263 e. The van der Waals surface area contributed by atoms with Crippen LogP contribution >= 0.6 is 22.6 Å². The largest absolute Gasteiger partial charge is 0.315 e. The first-order valence-corrected chi connectivity index (χ1v) is 7.91. The molecule has 0 amide bonds. The smallest absolute Gasteiger partial charge is 0.263 e. The Morgan fingerprint density at radius 1 is 1.44 bits per heavy atom. The summed E-state index contributed by atoms with van der Waals surface area (Å²) in [5.41, 5.74) is -0.0583. The molecule has 16 heavy (non-hydrogen) atoms. The number of aryl methyl sites for hydroxylation is 1. The second-order valence-electron chi connectivity index (χ2n) is 3.44. The normalized spacial score (nSPS) is 11.6. The lowest BCUT2D eigenvalue weighted by atomic mass is 10.4. The van der Waals surface area contributed by atoms with Gasteiger partial charge < -0.3 is 4.57 Å². The molecule has 0 aromatic carbocycles. The summed E-state index contributed by atoms with van der Waals surface area (Å²) >= 11 is 1.97. The van der Waals surface area contributed by atoms with Gasteiger partial charge in [-0.3, -0.25) is 4.79 Å². The highest BCUT2D eigenvalue weighted by molar-refractivity contribution is 14.1. The molecule has 0 N–H and O–H groups in total. The molecule has 1 aromatic rings. The van der Waals surface area contributed by atoms with Gasteiger partial charge in [-0.2, -0.15) is 0 Å². The van der Waals surface area contributed by atoms with Crippen molar-refractivity contribution in [3.63, 3.8) is 0 Å². The van der Waals surface area contributed by atoms with E-state index in [9.17, 15) is 13.2 Å². The Bertz CT molecular complexity index is 507. The second-order valence-corrected chi connectivity index (χ2v) is 7.08. The predicted molar refractivity (Wildman–Crippen MR) is 72.4 cm³/mol. The first kappa shape index (κ1) is 13.7. The summed E-state index contributed by atoms with van der Waals surface area (Å²) in [7, 11) is -2.93. The first-order chi connectivity index (χ1) is 7.46. The first-order valence-electron chi connectivity index (χ1n) is 5.01. The SMILES string of the molecule is CCS(=O)(=O)CCCn1cccc(I)c1=O. The lowest BCUT2D eigenvalue weighted by molar-refractivity contribution is 0.585. The number of sulfone groups is 1. The van der Waals surface area contributed by atoms with Gasteiger partial charge >= 0.3 is 0 Å². The van der Waals surface area contributed by atoms with Crippen molar-refractivity contribution < 1.29 is 8.42 Å². The van der Waals surface area contributed by atoms with E-state index >= 15 is 0 Å². The fourth-order valence-electron chi connectivity index (χ4n) is 1.28. The Hall–Kier alpha value is -0.370. The molecule has 0 atom stereocenters. The molecule has 0 aliphatic carbocycles.